The molecule has 0 saturated heterocycles. The SMILES string of the molecule is Cc1ccc(-c2cn3c(C)ccc(N)c3n2)cc1. The minimum atomic E-state index is 0.707. The molecule has 0 saturated carbocycles. The highest BCUT2D eigenvalue weighted by atomic mass is 15.0. The van der Waals surface area contributed by atoms with Gasteiger partial charge in [-0.3, -0.25) is 0 Å². The summed E-state index contributed by atoms with van der Waals surface area (Å²) >= 11 is 0. The number of anilines is 1. The number of rotatable bonds is 1. The first kappa shape index (κ1) is 10.8. The van der Waals surface area contributed by atoms with Crippen molar-refractivity contribution in [3.8, 4) is 11.3 Å². The van der Waals surface area contributed by atoms with Crippen LogP contribution in [0.5, 0.6) is 0 Å². The highest BCUT2D eigenvalue weighted by molar-refractivity contribution is 5.71. The highest BCUT2D eigenvalue weighted by Gasteiger charge is 2.07. The fraction of sp³-hybridized carbons (Fsp3) is 0.133. The van der Waals surface area contributed by atoms with Gasteiger partial charge in [0.05, 0.1) is 11.4 Å². The van der Waals surface area contributed by atoms with Crippen molar-refractivity contribution in [2.75, 3.05) is 5.73 Å². The van der Waals surface area contributed by atoms with Crippen LogP contribution in [0.4, 0.5) is 5.69 Å². The summed E-state index contributed by atoms with van der Waals surface area (Å²) in [5, 5.41) is 0. The van der Waals surface area contributed by atoms with E-state index in [2.05, 4.69) is 36.2 Å². The molecule has 2 heterocycles. The van der Waals surface area contributed by atoms with E-state index in [-0.39, 0.29) is 0 Å². The minimum absolute atomic E-state index is 0.707. The van der Waals surface area contributed by atoms with Gasteiger partial charge in [-0.1, -0.05) is 29.8 Å². The quantitative estimate of drug-likeness (QED) is 0.706. The lowest BCUT2D eigenvalue weighted by Crippen LogP contribution is -1.94. The van der Waals surface area contributed by atoms with Gasteiger partial charge < -0.3 is 10.1 Å². The van der Waals surface area contributed by atoms with Gasteiger partial charge >= 0.3 is 0 Å². The van der Waals surface area contributed by atoms with E-state index in [0.717, 1.165) is 22.6 Å². The Morgan fingerprint density at radius 1 is 1.00 bits per heavy atom. The zero-order valence-corrected chi connectivity index (χ0v) is 10.5. The number of hydrogen-bond donors (Lipinski definition) is 1. The molecule has 2 N–H and O–H groups in total. The zero-order chi connectivity index (χ0) is 12.7. The third-order valence-corrected chi connectivity index (χ3v) is 3.20. The molecule has 90 valence electrons. The molecule has 0 amide bonds. The Hall–Kier alpha value is -2.29. The van der Waals surface area contributed by atoms with Crippen LogP contribution in [0, 0.1) is 13.8 Å². The predicted molar refractivity (Wildman–Crippen MR) is 74.5 cm³/mol. The molecule has 1 aromatic carbocycles. The summed E-state index contributed by atoms with van der Waals surface area (Å²) in [7, 11) is 0. The molecule has 0 atom stereocenters. The van der Waals surface area contributed by atoms with Gasteiger partial charge in [-0.15, -0.1) is 0 Å². The molecule has 2 aromatic heterocycles. The Labute approximate surface area is 106 Å². The second-order valence-electron chi connectivity index (χ2n) is 4.62. The standard InChI is InChI=1S/C15H15N3/c1-10-3-6-12(7-4-10)14-9-18-11(2)5-8-13(16)15(18)17-14/h3-9H,16H2,1-2H3. The van der Waals surface area contributed by atoms with E-state index in [1.165, 1.54) is 5.56 Å². The number of pyridine rings is 1. The molecule has 0 unspecified atom stereocenters. The smallest absolute Gasteiger partial charge is 0.160 e. The van der Waals surface area contributed by atoms with Crippen molar-refractivity contribution in [1.29, 1.82) is 0 Å². The number of nitrogens with two attached hydrogens (primary N) is 1. The van der Waals surface area contributed by atoms with Crippen molar-refractivity contribution in [2.45, 2.75) is 13.8 Å². The summed E-state index contributed by atoms with van der Waals surface area (Å²) in [6, 6.07) is 12.3. The minimum Gasteiger partial charge on any atom is -0.396 e. The molecule has 18 heavy (non-hydrogen) atoms. The molecule has 0 radical (unpaired) electrons. The van der Waals surface area contributed by atoms with Crippen LogP contribution in [0.15, 0.2) is 42.6 Å². The summed E-state index contributed by atoms with van der Waals surface area (Å²) in [5.41, 5.74) is 11.9. The normalized spacial score (nSPS) is 11.0. The molecule has 0 bridgehead atoms. The molecule has 0 aliphatic carbocycles. The fourth-order valence-corrected chi connectivity index (χ4v) is 2.08. The van der Waals surface area contributed by atoms with Crippen molar-refractivity contribution < 1.29 is 0 Å². The van der Waals surface area contributed by atoms with Crippen LogP contribution >= 0.6 is 0 Å². The van der Waals surface area contributed by atoms with E-state index in [4.69, 9.17) is 5.73 Å². The molecule has 0 spiro atoms. The third-order valence-electron chi connectivity index (χ3n) is 3.20. The first-order chi connectivity index (χ1) is 8.65. The molecular formula is C15H15N3. The van der Waals surface area contributed by atoms with E-state index >= 15 is 0 Å². The monoisotopic (exact) mass is 237 g/mol. The Morgan fingerprint density at radius 3 is 2.39 bits per heavy atom. The van der Waals surface area contributed by atoms with Gasteiger partial charge in [0.2, 0.25) is 0 Å². The van der Waals surface area contributed by atoms with Crippen LogP contribution in [0.3, 0.4) is 0 Å². The van der Waals surface area contributed by atoms with Gasteiger partial charge in [-0.2, -0.15) is 0 Å². The van der Waals surface area contributed by atoms with Crippen molar-refractivity contribution in [2.24, 2.45) is 0 Å². The maximum atomic E-state index is 5.96. The van der Waals surface area contributed by atoms with Crippen molar-refractivity contribution >= 4 is 11.3 Å². The first-order valence-corrected chi connectivity index (χ1v) is 5.96. The van der Waals surface area contributed by atoms with Crippen molar-refractivity contribution in [1.82, 2.24) is 9.38 Å². The molecule has 0 fully saturated rings. The number of imidazole rings is 1. The van der Waals surface area contributed by atoms with Crippen LogP contribution < -0.4 is 5.73 Å². The maximum absolute atomic E-state index is 5.96. The molecule has 3 rings (SSSR count). The summed E-state index contributed by atoms with van der Waals surface area (Å²) < 4.78 is 2.03. The van der Waals surface area contributed by atoms with Crippen LogP contribution in [0.1, 0.15) is 11.3 Å². The van der Waals surface area contributed by atoms with Gasteiger partial charge in [0.1, 0.15) is 0 Å². The number of aryl methyl sites for hydroxylation is 2. The van der Waals surface area contributed by atoms with Gasteiger partial charge in [0.15, 0.2) is 5.65 Å². The van der Waals surface area contributed by atoms with Crippen molar-refractivity contribution in [3.63, 3.8) is 0 Å². The predicted octanol–water partition coefficient (Wildman–Crippen LogP) is 3.20. The average molecular weight is 237 g/mol. The van der Waals surface area contributed by atoms with E-state index in [1.807, 2.05) is 29.7 Å². The summed E-state index contributed by atoms with van der Waals surface area (Å²) in [5.74, 6) is 0. The summed E-state index contributed by atoms with van der Waals surface area (Å²) in [6.07, 6.45) is 2.03. The van der Waals surface area contributed by atoms with E-state index in [1.54, 1.807) is 0 Å². The maximum Gasteiger partial charge on any atom is 0.160 e. The van der Waals surface area contributed by atoms with Gasteiger partial charge in [0, 0.05) is 17.5 Å². The van der Waals surface area contributed by atoms with E-state index < -0.39 is 0 Å². The number of nitrogens with zero attached hydrogens (tertiary/aromatic N) is 2. The Kier molecular flexibility index (Phi) is 2.33. The van der Waals surface area contributed by atoms with Gasteiger partial charge in [-0.05, 0) is 26.0 Å². The first-order valence-electron chi connectivity index (χ1n) is 5.96. The molecular weight excluding hydrogens is 222 g/mol. The Bertz CT molecular complexity index is 669. The molecule has 0 aliphatic rings. The van der Waals surface area contributed by atoms with Crippen LogP contribution in [-0.2, 0) is 0 Å². The zero-order valence-electron chi connectivity index (χ0n) is 10.5. The molecule has 3 heteroatoms. The highest BCUT2D eigenvalue weighted by Crippen LogP contribution is 2.23. The largest absolute Gasteiger partial charge is 0.396 e. The van der Waals surface area contributed by atoms with Crippen LogP contribution in [0.25, 0.3) is 16.9 Å². The van der Waals surface area contributed by atoms with Crippen LogP contribution in [0.2, 0.25) is 0 Å². The fourth-order valence-electron chi connectivity index (χ4n) is 2.08. The Balaban J connectivity index is 2.22. The van der Waals surface area contributed by atoms with Gasteiger partial charge in [0.25, 0.3) is 0 Å². The van der Waals surface area contributed by atoms with Crippen molar-refractivity contribution in [3.05, 3.63) is 53.9 Å². The topological polar surface area (TPSA) is 43.3 Å². The Morgan fingerprint density at radius 2 is 1.72 bits per heavy atom. The second kappa shape index (κ2) is 3.88. The second-order valence-corrected chi connectivity index (χ2v) is 4.62. The average Bonchev–Trinajstić information content (AvgIpc) is 2.81. The summed E-state index contributed by atoms with van der Waals surface area (Å²) in [4.78, 5) is 4.61. The summed E-state index contributed by atoms with van der Waals surface area (Å²) in [6.45, 7) is 4.13. The van der Waals surface area contributed by atoms with Gasteiger partial charge in [-0.25, -0.2) is 4.98 Å². The van der Waals surface area contributed by atoms with Crippen LogP contribution in [-0.4, -0.2) is 9.38 Å². The number of fused-ring (bicyclic) bond motifs is 1. The number of benzene rings is 1. The molecule has 3 aromatic rings. The number of aromatic nitrogens is 2. The number of hydrogen-bond acceptors (Lipinski definition) is 2. The number of nitrogen functional groups attached to an aromatic ring is 1. The van der Waals surface area contributed by atoms with E-state index in [9.17, 15) is 0 Å². The molecule has 3 nitrogen and oxygen atoms in total. The lowest BCUT2D eigenvalue weighted by atomic mass is 10.1. The van der Waals surface area contributed by atoms with E-state index in [0.29, 0.717) is 5.69 Å². The lowest BCUT2D eigenvalue weighted by Gasteiger charge is -2.00. The lowest BCUT2D eigenvalue weighted by molar-refractivity contribution is 1.10. The molecule has 0 aliphatic heterocycles. The third kappa shape index (κ3) is 1.64.